The number of benzene rings is 2. The number of rotatable bonds is 8. The zero-order valence-corrected chi connectivity index (χ0v) is 15.8. The molecule has 0 aliphatic carbocycles. The van der Waals surface area contributed by atoms with Crippen LogP contribution in [0.3, 0.4) is 0 Å². The molecular formula is C18H19Cl2N5O. The lowest BCUT2D eigenvalue weighted by atomic mass is 10.2. The Balaban J connectivity index is 1.59. The maximum atomic E-state index is 6.03. The number of halogens is 2. The third-order valence-corrected chi connectivity index (χ3v) is 4.44. The van der Waals surface area contributed by atoms with Gasteiger partial charge in [-0.15, -0.1) is 0 Å². The largest absolute Gasteiger partial charge is 0.489 e. The van der Waals surface area contributed by atoms with Crippen molar-refractivity contribution < 1.29 is 4.74 Å². The number of hydrogen-bond acceptors (Lipinski definition) is 5. The van der Waals surface area contributed by atoms with Crippen LogP contribution in [0.15, 0.2) is 42.5 Å². The molecule has 0 bridgehead atoms. The van der Waals surface area contributed by atoms with Crippen LogP contribution in [0.2, 0.25) is 10.0 Å². The van der Waals surface area contributed by atoms with Gasteiger partial charge in [0, 0.05) is 13.1 Å². The normalized spacial score (nSPS) is 10.7. The van der Waals surface area contributed by atoms with E-state index in [9.17, 15) is 0 Å². The highest BCUT2D eigenvalue weighted by Crippen LogP contribution is 2.23. The molecule has 1 N–H and O–H groups in total. The molecular weight excluding hydrogens is 373 g/mol. The summed E-state index contributed by atoms with van der Waals surface area (Å²) >= 11 is 12.0. The third kappa shape index (κ3) is 4.86. The van der Waals surface area contributed by atoms with Crippen LogP contribution in [-0.2, 0) is 19.7 Å². The zero-order chi connectivity index (χ0) is 18.4. The van der Waals surface area contributed by atoms with Gasteiger partial charge in [-0.05, 0) is 52.2 Å². The Morgan fingerprint density at radius 2 is 1.96 bits per heavy atom. The molecule has 26 heavy (non-hydrogen) atoms. The van der Waals surface area contributed by atoms with Gasteiger partial charge in [-0.1, -0.05) is 53.4 Å². The van der Waals surface area contributed by atoms with Gasteiger partial charge in [-0.2, -0.15) is 0 Å². The van der Waals surface area contributed by atoms with Gasteiger partial charge >= 0.3 is 0 Å². The third-order valence-electron chi connectivity index (χ3n) is 3.71. The second kappa shape index (κ2) is 8.87. The van der Waals surface area contributed by atoms with E-state index in [2.05, 4.69) is 27.8 Å². The van der Waals surface area contributed by atoms with E-state index in [1.165, 1.54) is 0 Å². The lowest BCUT2D eigenvalue weighted by Crippen LogP contribution is -2.08. The summed E-state index contributed by atoms with van der Waals surface area (Å²) in [5.41, 5.74) is 2.03. The fraction of sp³-hybridized carbons (Fsp3) is 0.278. The van der Waals surface area contributed by atoms with Crippen LogP contribution in [-0.4, -0.2) is 20.2 Å². The summed E-state index contributed by atoms with van der Waals surface area (Å²) in [6.45, 7) is 3.89. The molecule has 1 aromatic heterocycles. The molecule has 0 atom stereocenters. The highest BCUT2D eigenvalue weighted by Gasteiger charge is 2.05. The highest BCUT2D eigenvalue weighted by atomic mass is 35.5. The van der Waals surface area contributed by atoms with Crippen molar-refractivity contribution in [3.05, 3.63) is 63.6 Å². The smallest absolute Gasteiger partial charge is 0.243 e. The molecule has 3 aromatic rings. The Bertz CT molecular complexity index is 868. The molecule has 0 radical (unpaired) electrons. The Hall–Kier alpha value is -2.31. The quantitative estimate of drug-likeness (QED) is 0.608. The standard InChI is InChI=1S/C18H19Cl2N5O/c1-2-8-25-18(22-23-24-25)21-11-13-4-3-5-15(9-13)26-12-14-6-7-16(19)17(20)10-14/h3-7,9-10H,2,8,11-12H2,1H3,(H,21,22,24). The average Bonchev–Trinajstić information content (AvgIpc) is 3.09. The van der Waals surface area contributed by atoms with Gasteiger partial charge in [0.1, 0.15) is 12.4 Å². The van der Waals surface area contributed by atoms with Crippen molar-refractivity contribution in [3.8, 4) is 5.75 Å². The number of nitrogens with zero attached hydrogens (tertiary/aromatic N) is 4. The minimum Gasteiger partial charge on any atom is -0.489 e. The molecule has 6 nitrogen and oxygen atoms in total. The molecule has 0 aliphatic heterocycles. The van der Waals surface area contributed by atoms with E-state index in [1.807, 2.05) is 36.4 Å². The maximum absolute atomic E-state index is 6.03. The molecule has 136 valence electrons. The summed E-state index contributed by atoms with van der Waals surface area (Å²) in [5, 5.41) is 16.0. The number of aromatic nitrogens is 4. The SMILES string of the molecule is CCCn1nnnc1NCc1cccc(OCc2ccc(Cl)c(Cl)c2)c1. The van der Waals surface area contributed by atoms with Crippen LogP contribution in [0.5, 0.6) is 5.75 Å². The number of hydrogen-bond donors (Lipinski definition) is 1. The van der Waals surface area contributed by atoms with Crippen LogP contribution in [0.25, 0.3) is 0 Å². The van der Waals surface area contributed by atoms with E-state index in [0.717, 1.165) is 29.8 Å². The van der Waals surface area contributed by atoms with Gasteiger partial charge in [-0.25, -0.2) is 4.68 Å². The maximum Gasteiger partial charge on any atom is 0.243 e. The Morgan fingerprint density at radius 1 is 1.08 bits per heavy atom. The van der Waals surface area contributed by atoms with E-state index in [-0.39, 0.29) is 0 Å². The van der Waals surface area contributed by atoms with Crippen molar-refractivity contribution in [2.45, 2.75) is 33.0 Å². The fourth-order valence-electron chi connectivity index (χ4n) is 2.42. The molecule has 0 spiro atoms. The second-order valence-corrected chi connectivity index (χ2v) is 6.58. The Kier molecular flexibility index (Phi) is 6.30. The summed E-state index contributed by atoms with van der Waals surface area (Å²) < 4.78 is 7.61. The van der Waals surface area contributed by atoms with Crippen LogP contribution in [0.1, 0.15) is 24.5 Å². The van der Waals surface area contributed by atoms with Gasteiger partial charge in [-0.3, -0.25) is 0 Å². The summed E-state index contributed by atoms with van der Waals surface area (Å²) in [7, 11) is 0. The van der Waals surface area contributed by atoms with E-state index in [0.29, 0.717) is 29.1 Å². The first-order valence-corrected chi connectivity index (χ1v) is 9.07. The lowest BCUT2D eigenvalue weighted by molar-refractivity contribution is 0.306. The molecule has 0 saturated heterocycles. The number of ether oxygens (including phenoxy) is 1. The van der Waals surface area contributed by atoms with Crippen molar-refractivity contribution in [2.75, 3.05) is 5.32 Å². The lowest BCUT2D eigenvalue weighted by Gasteiger charge is -2.10. The minimum atomic E-state index is 0.419. The summed E-state index contributed by atoms with van der Waals surface area (Å²) in [4.78, 5) is 0. The van der Waals surface area contributed by atoms with Crippen molar-refractivity contribution in [3.63, 3.8) is 0 Å². The van der Waals surface area contributed by atoms with Crippen LogP contribution in [0.4, 0.5) is 5.95 Å². The van der Waals surface area contributed by atoms with Gasteiger partial charge < -0.3 is 10.1 Å². The van der Waals surface area contributed by atoms with Crippen molar-refractivity contribution >= 4 is 29.2 Å². The van der Waals surface area contributed by atoms with E-state index in [1.54, 1.807) is 10.7 Å². The highest BCUT2D eigenvalue weighted by molar-refractivity contribution is 6.42. The van der Waals surface area contributed by atoms with E-state index >= 15 is 0 Å². The monoisotopic (exact) mass is 391 g/mol. The van der Waals surface area contributed by atoms with Crippen LogP contribution < -0.4 is 10.1 Å². The molecule has 0 aliphatic rings. The summed E-state index contributed by atoms with van der Waals surface area (Å²) in [6, 6.07) is 13.4. The molecule has 8 heteroatoms. The summed E-state index contributed by atoms with van der Waals surface area (Å²) in [6.07, 6.45) is 0.970. The predicted octanol–water partition coefficient (Wildman–Crippen LogP) is 4.58. The van der Waals surface area contributed by atoms with Crippen LogP contribution >= 0.6 is 23.2 Å². The number of aryl methyl sites for hydroxylation is 1. The minimum absolute atomic E-state index is 0.419. The van der Waals surface area contributed by atoms with Crippen molar-refractivity contribution in [1.29, 1.82) is 0 Å². The molecule has 0 unspecified atom stereocenters. The average molecular weight is 392 g/mol. The first kappa shape index (κ1) is 18.5. The van der Waals surface area contributed by atoms with Crippen LogP contribution in [0, 0.1) is 0 Å². The van der Waals surface area contributed by atoms with E-state index < -0.39 is 0 Å². The Labute approximate surface area is 162 Å². The molecule has 2 aromatic carbocycles. The van der Waals surface area contributed by atoms with Gasteiger partial charge in [0.2, 0.25) is 5.95 Å². The predicted molar refractivity (Wildman–Crippen MR) is 103 cm³/mol. The Morgan fingerprint density at radius 3 is 2.77 bits per heavy atom. The van der Waals surface area contributed by atoms with Crippen molar-refractivity contribution in [1.82, 2.24) is 20.2 Å². The molecule has 1 heterocycles. The topological polar surface area (TPSA) is 64.9 Å². The molecule has 0 fully saturated rings. The fourth-order valence-corrected chi connectivity index (χ4v) is 2.74. The van der Waals surface area contributed by atoms with Gasteiger partial charge in [0.25, 0.3) is 0 Å². The molecule has 0 saturated carbocycles. The molecule has 3 rings (SSSR count). The number of anilines is 1. The summed E-state index contributed by atoms with van der Waals surface area (Å²) in [5.74, 6) is 1.44. The second-order valence-electron chi connectivity index (χ2n) is 5.76. The first-order valence-electron chi connectivity index (χ1n) is 8.31. The van der Waals surface area contributed by atoms with Gasteiger partial charge in [0.15, 0.2) is 0 Å². The first-order chi connectivity index (χ1) is 12.7. The molecule has 0 amide bonds. The zero-order valence-electron chi connectivity index (χ0n) is 14.3. The van der Waals surface area contributed by atoms with Gasteiger partial charge in [0.05, 0.1) is 10.0 Å². The number of nitrogens with one attached hydrogen (secondary N) is 1. The van der Waals surface area contributed by atoms with E-state index in [4.69, 9.17) is 27.9 Å². The van der Waals surface area contributed by atoms with Crippen molar-refractivity contribution in [2.24, 2.45) is 0 Å². The number of tetrazole rings is 1.